The van der Waals surface area contributed by atoms with Crippen LogP contribution in [0, 0.1) is 11.8 Å². The van der Waals surface area contributed by atoms with E-state index in [0.717, 1.165) is 25.8 Å². The van der Waals surface area contributed by atoms with Gasteiger partial charge in [-0.2, -0.15) is 0 Å². The summed E-state index contributed by atoms with van der Waals surface area (Å²) in [6.07, 6.45) is 3.17. The number of nitrogens with zero attached hydrogens (tertiary/aromatic N) is 1. The third-order valence-electron chi connectivity index (χ3n) is 4.75. The Morgan fingerprint density at radius 2 is 1.95 bits per heavy atom. The van der Waals surface area contributed by atoms with Gasteiger partial charge in [-0.3, -0.25) is 9.69 Å². The van der Waals surface area contributed by atoms with Crippen molar-refractivity contribution in [1.82, 2.24) is 15.5 Å². The van der Waals surface area contributed by atoms with Gasteiger partial charge in [-0.1, -0.05) is 27.2 Å². The monoisotopic (exact) mass is 267 g/mol. The van der Waals surface area contributed by atoms with E-state index in [1.165, 1.54) is 4.90 Å². The Bertz CT molecular complexity index is 360. The number of hydrogen-bond donors (Lipinski definition) is 2. The molecule has 1 aliphatic heterocycles. The average molecular weight is 267 g/mol. The fourth-order valence-electron chi connectivity index (χ4n) is 3.52. The highest BCUT2D eigenvalue weighted by Crippen LogP contribution is 2.41. The maximum Gasteiger partial charge on any atom is 0.325 e. The minimum atomic E-state index is -0.651. The van der Waals surface area contributed by atoms with Crippen molar-refractivity contribution in [2.24, 2.45) is 11.8 Å². The molecule has 1 aliphatic carbocycles. The van der Waals surface area contributed by atoms with Crippen molar-refractivity contribution in [3.8, 4) is 0 Å². The summed E-state index contributed by atoms with van der Waals surface area (Å²) >= 11 is 0. The van der Waals surface area contributed by atoms with Gasteiger partial charge in [0.25, 0.3) is 5.91 Å². The zero-order valence-corrected chi connectivity index (χ0v) is 12.2. The molecular weight excluding hydrogens is 242 g/mol. The smallest absolute Gasteiger partial charge is 0.323 e. The first-order valence-electron chi connectivity index (χ1n) is 7.38. The van der Waals surface area contributed by atoms with Crippen LogP contribution in [0.3, 0.4) is 0 Å². The van der Waals surface area contributed by atoms with Crippen LogP contribution < -0.4 is 10.6 Å². The molecule has 5 nitrogen and oxygen atoms in total. The summed E-state index contributed by atoms with van der Waals surface area (Å²) in [5.41, 5.74) is -0.651. The van der Waals surface area contributed by atoms with Crippen LogP contribution in [0.5, 0.6) is 0 Å². The first-order chi connectivity index (χ1) is 9.04. The third kappa shape index (κ3) is 2.24. The minimum Gasteiger partial charge on any atom is -0.323 e. The van der Waals surface area contributed by atoms with E-state index in [1.807, 2.05) is 6.92 Å². The fourth-order valence-corrected chi connectivity index (χ4v) is 3.52. The molecule has 2 atom stereocenters. The van der Waals surface area contributed by atoms with Gasteiger partial charge in [-0.25, -0.2) is 4.79 Å². The summed E-state index contributed by atoms with van der Waals surface area (Å²) in [5, 5.41) is 6.16. The van der Waals surface area contributed by atoms with E-state index in [0.29, 0.717) is 13.1 Å². The van der Waals surface area contributed by atoms with Gasteiger partial charge < -0.3 is 10.6 Å². The largest absolute Gasteiger partial charge is 0.325 e. The molecule has 3 amide bonds. The molecule has 1 heterocycles. The number of rotatable bonds is 4. The number of nitrogens with one attached hydrogen (secondary N) is 2. The van der Waals surface area contributed by atoms with Crippen LogP contribution in [0.1, 0.15) is 40.0 Å². The summed E-state index contributed by atoms with van der Waals surface area (Å²) in [7, 11) is 0. The Hall–Kier alpha value is -1.10. The van der Waals surface area contributed by atoms with Crippen LogP contribution in [-0.2, 0) is 4.79 Å². The Morgan fingerprint density at radius 1 is 1.32 bits per heavy atom. The molecule has 2 unspecified atom stereocenters. The normalized spacial score (nSPS) is 35.0. The lowest BCUT2D eigenvalue weighted by Crippen LogP contribution is -2.59. The molecule has 2 N–H and O–H groups in total. The summed E-state index contributed by atoms with van der Waals surface area (Å²) in [4.78, 5) is 26.2. The van der Waals surface area contributed by atoms with Crippen molar-refractivity contribution < 1.29 is 9.59 Å². The van der Waals surface area contributed by atoms with E-state index < -0.39 is 5.54 Å². The molecule has 2 fully saturated rings. The SMILES string of the molecule is CCNCCN1C(=O)NC2(C1=O)C(C)CCCC2C. The molecule has 1 spiro atoms. The van der Waals surface area contributed by atoms with Crippen molar-refractivity contribution in [2.75, 3.05) is 19.6 Å². The lowest BCUT2D eigenvalue weighted by atomic mass is 9.67. The van der Waals surface area contributed by atoms with Crippen molar-refractivity contribution >= 4 is 11.9 Å². The maximum absolute atomic E-state index is 12.7. The van der Waals surface area contributed by atoms with Crippen molar-refractivity contribution in [3.63, 3.8) is 0 Å². The Kier molecular flexibility index (Phi) is 4.13. The van der Waals surface area contributed by atoms with E-state index in [1.54, 1.807) is 0 Å². The first kappa shape index (κ1) is 14.3. The Morgan fingerprint density at radius 3 is 2.53 bits per heavy atom. The number of carbonyl (C=O) groups excluding carboxylic acids is 2. The lowest BCUT2D eigenvalue weighted by Gasteiger charge is -2.42. The number of amides is 3. The van der Waals surface area contributed by atoms with E-state index in [9.17, 15) is 9.59 Å². The maximum atomic E-state index is 12.7. The van der Waals surface area contributed by atoms with E-state index in [-0.39, 0.29) is 23.8 Å². The molecule has 1 saturated carbocycles. The van der Waals surface area contributed by atoms with Crippen molar-refractivity contribution in [1.29, 1.82) is 0 Å². The molecule has 2 aliphatic rings. The highest BCUT2D eigenvalue weighted by Gasteiger charge is 2.57. The second kappa shape index (κ2) is 5.49. The summed E-state index contributed by atoms with van der Waals surface area (Å²) in [6, 6.07) is -0.219. The number of likely N-dealkylation sites (N-methyl/N-ethyl adjacent to an activating group) is 1. The molecular formula is C14H25N3O2. The van der Waals surface area contributed by atoms with Crippen LogP contribution >= 0.6 is 0 Å². The summed E-state index contributed by atoms with van der Waals surface area (Å²) < 4.78 is 0. The van der Waals surface area contributed by atoms with Gasteiger partial charge in [0.05, 0.1) is 0 Å². The van der Waals surface area contributed by atoms with Gasteiger partial charge >= 0.3 is 6.03 Å². The van der Waals surface area contributed by atoms with Crippen LogP contribution in [0.4, 0.5) is 4.79 Å². The molecule has 108 valence electrons. The predicted octanol–water partition coefficient (Wildman–Crippen LogP) is 1.34. The second-order valence-corrected chi connectivity index (χ2v) is 5.84. The first-order valence-corrected chi connectivity index (χ1v) is 7.38. The van der Waals surface area contributed by atoms with Gasteiger partial charge in [0.2, 0.25) is 0 Å². The standard InChI is InChI=1S/C14H25N3O2/c1-4-15-8-9-17-12(18)14(16-13(17)19)10(2)6-5-7-11(14)3/h10-11,15H,4-9H2,1-3H3,(H,16,19). The zero-order chi connectivity index (χ0) is 14.0. The molecule has 0 radical (unpaired) electrons. The lowest BCUT2D eigenvalue weighted by molar-refractivity contribution is -0.136. The molecule has 0 aromatic rings. The van der Waals surface area contributed by atoms with Crippen LogP contribution in [0.25, 0.3) is 0 Å². The molecule has 0 bridgehead atoms. The third-order valence-corrected chi connectivity index (χ3v) is 4.75. The van der Waals surface area contributed by atoms with Gasteiger partial charge in [0.1, 0.15) is 5.54 Å². The average Bonchev–Trinajstić information content (AvgIpc) is 2.62. The highest BCUT2D eigenvalue weighted by molar-refractivity contribution is 6.07. The van der Waals surface area contributed by atoms with E-state index >= 15 is 0 Å². The van der Waals surface area contributed by atoms with Gasteiger partial charge in [0.15, 0.2) is 0 Å². The number of hydrogen-bond acceptors (Lipinski definition) is 3. The highest BCUT2D eigenvalue weighted by atomic mass is 16.2. The number of imide groups is 1. The quantitative estimate of drug-likeness (QED) is 0.597. The van der Waals surface area contributed by atoms with Crippen LogP contribution in [-0.4, -0.2) is 42.0 Å². The number of carbonyl (C=O) groups is 2. The Balaban J connectivity index is 2.15. The minimum absolute atomic E-state index is 0.0184. The topological polar surface area (TPSA) is 61.4 Å². The van der Waals surface area contributed by atoms with Gasteiger partial charge in [0, 0.05) is 13.1 Å². The zero-order valence-electron chi connectivity index (χ0n) is 12.2. The molecule has 5 heteroatoms. The molecule has 0 aromatic heterocycles. The molecule has 19 heavy (non-hydrogen) atoms. The van der Waals surface area contributed by atoms with E-state index in [2.05, 4.69) is 24.5 Å². The summed E-state index contributed by atoms with van der Waals surface area (Å²) in [6.45, 7) is 8.15. The number of urea groups is 1. The predicted molar refractivity (Wildman–Crippen MR) is 73.7 cm³/mol. The fraction of sp³-hybridized carbons (Fsp3) is 0.857. The van der Waals surface area contributed by atoms with Gasteiger partial charge in [-0.05, 0) is 31.2 Å². The van der Waals surface area contributed by atoms with Crippen molar-refractivity contribution in [3.05, 3.63) is 0 Å². The van der Waals surface area contributed by atoms with Gasteiger partial charge in [-0.15, -0.1) is 0 Å². The van der Waals surface area contributed by atoms with Crippen LogP contribution in [0.15, 0.2) is 0 Å². The van der Waals surface area contributed by atoms with E-state index in [4.69, 9.17) is 0 Å². The second-order valence-electron chi connectivity index (χ2n) is 5.84. The van der Waals surface area contributed by atoms with Crippen LogP contribution in [0.2, 0.25) is 0 Å². The molecule has 2 rings (SSSR count). The van der Waals surface area contributed by atoms with Crippen molar-refractivity contribution in [2.45, 2.75) is 45.6 Å². The summed E-state index contributed by atoms with van der Waals surface area (Å²) in [5.74, 6) is 0.420. The Labute approximate surface area is 115 Å². The molecule has 1 saturated heterocycles. The molecule has 0 aromatic carbocycles.